The lowest BCUT2D eigenvalue weighted by molar-refractivity contribution is 0.0499. The minimum Gasteiger partial charge on any atom is -0.393 e. The van der Waals surface area contributed by atoms with Crippen LogP contribution in [0.15, 0.2) is 0 Å². The molecule has 120 valence electrons. The Morgan fingerprint density at radius 2 is 1.42 bits per heavy atom. The molecule has 1 nitrogen and oxygen atoms in total. The van der Waals surface area contributed by atoms with Crippen molar-refractivity contribution in [2.75, 3.05) is 0 Å². The van der Waals surface area contributed by atoms with Crippen LogP contribution in [0.5, 0.6) is 0 Å². The minimum absolute atomic E-state index is 0.00111. The molecular weight excluding hydrogens is 232 g/mol. The number of aliphatic hydroxyl groups is 1. The van der Waals surface area contributed by atoms with E-state index in [-0.39, 0.29) is 6.10 Å². The van der Waals surface area contributed by atoms with Crippen molar-refractivity contribution in [3.8, 4) is 0 Å². The molecule has 0 heterocycles. The fraction of sp³-hybridized carbons (Fsp3) is 1.00. The zero-order chi connectivity index (χ0) is 15.8. The second kappa shape index (κ2) is 18.0. The second-order valence-corrected chi connectivity index (χ2v) is 5.46. The number of hydrogen-bond donors (Lipinski definition) is 1. The summed E-state index contributed by atoms with van der Waals surface area (Å²) in [6.07, 6.45) is 5.93. The molecule has 1 saturated carbocycles. The first-order valence-corrected chi connectivity index (χ1v) is 8.69. The van der Waals surface area contributed by atoms with Gasteiger partial charge in [-0.1, -0.05) is 75.2 Å². The first kappa shape index (κ1) is 24.0. The van der Waals surface area contributed by atoms with Crippen LogP contribution < -0.4 is 0 Å². The summed E-state index contributed by atoms with van der Waals surface area (Å²) in [7, 11) is 0. The molecule has 0 aliphatic heterocycles. The lowest BCUT2D eigenvalue weighted by Crippen LogP contribution is -2.27. The van der Waals surface area contributed by atoms with Crippen molar-refractivity contribution in [1.82, 2.24) is 0 Å². The quantitative estimate of drug-likeness (QED) is 0.626. The van der Waals surface area contributed by atoms with E-state index in [0.29, 0.717) is 5.92 Å². The predicted molar refractivity (Wildman–Crippen MR) is 90.6 cm³/mol. The third-order valence-electron chi connectivity index (χ3n) is 3.55. The molecule has 1 aliphatic carbocycles. The molecule has 0 radical (unpaired) electrons. The van der Waals surface area contributed by atoms with E-state index in [1.54, 1.807) is 0 Å². The van der Waals surface area contributed by atoms with Gasteiger partial charge in [0.05, 0.1) is 6.10 Å². The standard InChI is InChI=1S/C9H18O.C5H12.2C2H6/c1-3-8-6-7(2)4-5-9(8)10;1-4-5(2)3;2*1-2/h7-10H,3-6H2,1-2H3;5H,4H2,1-3H3;2*1-2H3. The van der Waals surface area contributed by atoms with Gasteiger partial charge in [-0.25, -0.2) is 0 Å². The van der Waals surface area contributed by atoms with Crippen molar-refractivity contribution in [3.63, 3.8) is 0 Å². The third kappa shape index (κ3) is 15.9. The van der Waals surface area contributed by atoms with Crippen LogP contribution in [-0.4, -0.2) is 11.2 Å². The summed E-state index contributed by atoms with van der Waals surface area (Å²) < 4.78 is 0. The van der Waals surface area contributed by atoms with Crippen molar-refractivity contribution in [1.29, 1.82) is 0 Å². The van der Waals surface area contributed by atoms with Crippen LogP contribution >= 0.6 is 0 Å². The Labute approximate surface area is 124 Å². The van der Waals surface area contributed by atoms with Gasteiger partial charge in [-0.05, 0) is 37.0 Å². The lowest BCUT2D eigenvalue weighted by Gasteiger charge is -2.30. The Bertz CT molecular complexity index is 143. The van der Waals surface area contributed by atoms with Crippen LogP contribution in [0.3, 0.4) is 0 Å². The highest BCUT2D eigenvalue weighted by Gasteiger charge is 2.24. The molecule has 0 aromatic heterocycles. The number of rotatable bonds is 2. The molecule has 3 unspecified atom stereocenters. The van der Waals surface area contributed by atoms with Crippen LogP contribution in [-0.2, 0) is 0 Å². The Morgan fingerprint density at radius 3 is 1.68 bits per heavy atom. The van der Waals surface area contributed by atoms with Crippen molar-refractivity contribution >= 4 is 0 Å². The van der Waals surface area contributed by atoms with Gasteiger partial charge in [0.25, 0.3) is 0 Å². The van der Waals surface area contributed by atoms with Gasteiger partial charge < -0.3 is 5.11 Å². The van der Waals surface area contributed by atoms with Gasteiger partial charge in [0.2, 0.25) is 0 Å². The van der Waals surface area contributed by atoms with E-state index >= 15 is 0 Å². The first-order chi connectivity index (χ1) is 9.01. The van der Waals surface area contributed by atoms with E-state index in [4.69, 9.17) is 0 Å². The molecule has 1 fully saturated rings. The van der Waals surface area contributed by atoms with E-state index in [0.717, 1.165) is 24.7 Å². The molecule has 1 rings (SSSR count). The fourth-order valence-corrected chi connectivity index (χ4v) is 1.92. The molecular formula is C18H42O. The Balaban J connectivity index is -0.000000242. The third-order valence-corrected chi connectivity index (χ3v) is 3.55. The zero-order valence-electron chi connectivity index (χ0n) is 15.3. The molecule has 0 spiro atoms. The topological polar surface area (TPSA) is 20.2 Å². The van der Waals surface area contributed by atoms with Crippen molar-refractivity contribution < 1.29 is 5.11 Å². The van der Waals surface area contributed by atoms with Gasteiger partial charge in [0.15, 0.2) is 0 Å². The summed E-state index contributed by atoms with van der Waals surface area (Å²) in [5.41, 5.74) is 0. The summed E-state index contributed by atoms with van der Waals surface area (Å²) in [5.74, 6) is 2.31. The Morgan fingerprint density at radius 1 is 1.00 bits per heavy atom. The van der Waals surface area contributed by atoms with Gasteiger partial charge >= 0.3 is 0 Å². The molecule has 1 N–H and O–H groups in total. The van der Waals surface area contributed by atoms with Gasteiger partial charge in [-0.3, -0.25) is 0 Å². The average molecular weight is 275 g/mol. The smallest absolute Gasteiger partial charge is 0.0568 e. The van der Waals surface area contributed by atoms with Gasteiger partial charge in [-0.15, -0.1) is 0 Å². The Hall–Kier alpha value is -0.0400. The highest BCUT2D eigenvalue weighted by molar-refractivity contribution is 4.76. The second-order valence-electron chi connectivity index (χ2n) is 5.46. The van der Waals surface area contributed by atoms with Crippen molar-refractivity contribution in [2.24, 2.45) is 17.8 Å². The van der Waals surface area contributed by atoms with E-state index in [2.05, 4.69) is 34.6 Å². The molecule has 1 heteroatoms. The summed E-state index contributed by atoms with van der Waals surface area (Å²) in [4.78, 5) is 0. The van der Waals surface area contributed by atoms with E-state index in [1.165, 1.54) is 19.3 Å². The van der Waals surface area contributed by atoms with Crippen LogP contribution in [0.2, 0.25) is 0 Å². The summed E-state index contributed by atoms with van der Waals surface area (Å²) in [6, 6.07) is 0. The number of aliphatic hydroxyl groups excluding tert-OH is 1. The maximum atomic E-state index is 9.49. The fourth-order valence-electron chi connectivity index (χ4n) is 1.92. The molecule has 19 heavy (non-hydrogen) atoms. The lowest BCUT2D eigenvalue weighted by atomic mass is 9.79. The molecule has 0 aromatic rings. The average Bonchev–Trinajstić information content (AvgIpc) is 2.46. The molecule has 0 amide bonds. The molecule has 0 aromatic carbocycles. The number of hydrogen-bond acceptors (Lipinski definition) is 1. The van der Waals surface area contributed by atoms with Gasteiger partial charge in [0, 0.05) is 0 Å². The zero-order valence-corrected chi connectivity index (χ0v) is 15.3. The van der Waals surface area contributed by atoms with Crippen molar-refractivity contribution in [2.45, 2.75) is 101 Å². The van der Waals surface area contributed by atoms with Crippen LogP contribution in [0.25, 0.3) is 0 Å². The predicted octanol–water partition coefficient (Wildman–Crippen LogP) is 6.30. The summed E-state index contributed by atoms with van der Waals surface area (Å²) in [5, 5.41) is 9.49. The minimum atomic E-state index is 0.00111. The molecule has 1 aliphatic rings. The molecule has 3 atom stereocenters. The van der Waals surface area contributed by atoms with Gasteiger partial charge in [0.1, 0.15) is 0 Å². The van der Waals surface area contributed by atoms with Crippen LogP contribution in [0.4, 0.5) is 0 Å². The van der Waals surface area contributed by atoms with Crippen LogP contribution in [0.1, 0.15) is 94.4 Å². The SMILES string of the molecule is CC.CC.CCC(C)C.CCC1CC(C)CCC1O. The summed E-state index contributed by atoms with van der Waals surface area (Å²) in [6.45, 7) is 19.1. The maximum Gasteiger partial charge on any atom is 0.0568 e. The first-order valence-electron chi connectivity index (χ1n) is 8.69. The van der Waals surface area contributed by atoms with E-state index < -0.39 is 0 Å². The Kier molecular flexibility index (Phi) is 22.7. The molecule has 0 saturated heterocycles. The molecule has 0 bridgehead atoms. The highest BCUT2D eigenvalue weighted by Crippen LogP contribution is 2.30. The van der Waals surface area contributed by atoms with Crippen LogP contribution in [0, 0.1) is 17.8 Å². The largest absolute Gasteiger partial charge is 0.393 e. The normalized spacial score (nSPS) is 25.1. The summed E-state index contributed by atoms with van der Waals surface area (Å²) >= 11 is 0. The monoisotopic (exact) mass is 274 g/mol. The maximum absolute atomic E-state index is 9.49. The highest BCUT2D eigenvalue weighted by atomic mass is 16.3. The van der Waals surface area contributed by atoms with Gasteiger partial charge in [-0.2, -0.15) is 0 Å². The van der Waals surface area contributed by atoms with E-state index in [1.807, 2.05) is 27.7 Å². The van der Waals surface area contributed by atoms with Crippen molar-refractivity contribution in [3.05, 3.63) is 0 Å². The van der Waals surface area contributed by atoms with E-state index in [9.17, 15) is 5.11 Å².